The van der Waals surface area contributed by atoms with Crippen molar-refractivity contribution in [1.29, 1.82) is 0 Å². The summed E-state index contributed by atoms with van der Waals surface area (Å²) in [5, 5.41) is 11.4. The Bertz CT molecular complexity index is 788. The van der Waals surface area contributed by atoms with Crippen molar-refractivity contribution >= 4 is 16.9 Å². The lowest BCUT2D eigenvalue weighted by Crippen LogP contribution is -2.19. The Morgan fingerprint density at radius 1 is 1.17 bits per heavy atom. The number of ether oxygens (including phenoxy) is 1. The molecule has 0 amide bonds. The lowest BCUT2D eigenvalue weighted by Gasteiger charge is -2.15. The van der Waals surface area contributed by atoms with E-state index in [-0.39, 0.29) is 0 Å². The number of rotatable bonds is 6. The molecule has 0 saturated heterocycles. The highest BCUT2D eigenvalue weighted by atomic mass is 16.5. The second-order valence-electron chi connectivity index (χ2n) is 6.24. The van der Waals surface area contributed by atoms with Crippen molar-refractivity contribution < 1.29 is 4.74 Å². The zero-order chi connectivity index (χ0) is 16.2. The number of nitrogens with one attached hydrogen (secondary N) is 2. The molecular weight excluding hydrogens is 302 g/mol. The summed E-state index contributed by atoms with van der Waals surface area (Å²) in [4.78, 5) is 8.51. The number of fused-ring (bicyclic) bond motifs is 1. The van der Waals surface area contributed by atoms with Crippen molar-refractivity contribution in [2.24, 2.45) is 0 Å². The van der Waals surface area contributed by atoms with Gasteiger partial charge in [0.25, 0.3) is 0 Å². The Morgan fingerprint density at radius 3 is 3.00 bits per heavy atom. The van der Waals surface area contributed by atoms with Crippen LogP contribution in [0.25, 0.3) is 11.0 Å². The molecule has 4 rings (SSSR count). The molecule has 1 aliphatic rings. The minimum absolute atomic E-state index is 0.327. The van der Waals surface area contributed by atoms with Gasteiger partial charge in [-0.2, -0.15) is 5.10 Å². The number of hydrogen-bond donors (Lipinski definition) is 2. The van der Waals surface area contributed by atoms with Crippen LogP contribution in [-0.4, -0.2) is 38.9 Å². The van der Waals surface area contributed by atoms with Gasteiger partial charge >= 0.3 is 0 Å². The molecule has 2 heterocycles. The summed E-state index contributed by atoms with van der Waals surface area (Å²) in [7, 11) is 0. The van der Waals surface area contributed by atoms with Crippen LogP contribution in [0, 0.1) is 0 Å². The first kappa shape index (κ1) is 15.1. The van der Waals surface area contributed by atoms with Crippen LogP contribution in [0.3, 0.4) is 0 Å². The van der Waals surface area contributed by atoms with E-state index in [1.807, 2.05) is 6.07 Å². The largest absolute Gasteiger partial charge is 0.378 e. The standard InChI is InChI=1S/C18H21N5O/c1-2-4-13(5-3-1)8-9-24-15-7-6-14(10-15)22-17-16-11-21-23-18(16)20-12-19-17/h1-5,11-12,14-15H,6-10H2,(H2,19,20,21,22,23)/t14-,15+/m0/s1. The van der Waals surface area contributed by atoms with Crippen LogP contribution < -0.4 is 5.32 Å². The molecule has 2 atom stereocenters. The molecule has 0 bridgehead atoms. The van der Waals surface area contributed by atoms with Crippen molar-refractivity contribution in [3.8, 4) is 0 Å². The molecule has 3 aromatic rings. The second kappa shape index (κ2) is 6.97. The number of aromatic nitrogens is 4. The highest BCUT2D eigenvalue weighted by Crippen LogP contribution is 2.27. The Hall–Kier alpha value is -2.47. The maximum absolute atomic E-state index is 6.06. The van der Waals surface area contributed by atoms with Gasteiger partial charge in [0.1, 0.15) is 12.1 Å². The summed E-state index contributed by atoms with van der Waals surface area (Å²) < 4.78 is 6.06. The van der Waals surface area contributed by atoms with Crippen LogP contribution in [0.1, 0.15) is 24.8 Å². The molecule has 1 aromatic carbocycles. The second-order valence-corrected chi connectivity index (χ2v) is 6.24. The SMILES string of the molecule is c1ccc(CCO[C@@H]2CC[C@H](Nc3ncnc4[nH]ncc34)C2)cc1. The molecule has 6 nitrogen and oxygen atoms in total. The van der Waals surface area contributed by atoms with Crippen LogP contribution in [0.2, 0.25) is 0 Å². The summed E-state index contributed by atoms with van der Waals surface area (Å²) in [5.74, 6) is 0.851. The molecule has 2 aromatic heterocycles. The topological polar surface area (TPSA) is 75.7 Å². The van der Waals surface area contributed by atoms with Gasteiger partial charge in [-0.3, -0.25) is 5.10 Å². The highest BCUT2D eigenvalue weighted by molar-refractivity contribution is 5.85. The number of hydrogen-bond acceptors (Lipinski definition) is 5. The third-order valence-electron chi connectivity index (χ3n) is 4.56. The van der Waals surface area contributed by atoms with E-state index in [0.29, 0.717) is 12.1 Å². The molecule has 6 heteroatoms. The first-order valence-electron chi connectivity index (χ1n) is 8.44. The van der Waals surface area contributed by atoms with Crippen LogP contribution in [-0.2, 0) is 11.2 Å². The molecule has 1 fully saturated rings. The maximum Gasteiger partial charge on any atom is 0.160 e. The van der Waals surface area contributed by atoms with E-state index in [1.54, 1.807) is 12.5 Å². The quantitative estimate of drug-likeness (QED) is 0.729. The van der Waals surface area contributed by atoms with Crippen molar-refractivity contribution in [3.63, 3.8) is 0 Å². The van der Waals surface area contributed by atoms with E-state index in [0.717, 1.165) is 49.1 Å². The summed E-state index contributed by atoms with van der Waals surface area (Å²) in [6.45, 7) is 0.779. The van der Waals surface area contributed by atoms with E-state index in [9.17, 15) is 0 Å². The number of benzene rings is 1. The van der Waals surface area contributed by atoms with E-state index in [1.165, 1.54) is 5.56 Å². The van der Waals surface area contributed by atoms with Crippen LogP contribution in [0.4, 0.5) is 5.82 Å². The van der Waals surface area contributed by atoms with Crippen molar-refractivity contribution in [2.45, 2.75) is 37.8 Å². The molecule has 2 N–H and O–H groups in total. The minimum atomic E-state index is 0.327. The number of H-pyrrole nitrogens is 1. The predicted molar refractivity (Wildman–Crippen MR) is 92.8 cm³/mol. The van der Waals surface area contributed by atoms with Gasteiger partial charge in [-0.1, -0.05) is 30.3 Å². The number of anilines is 1. The smallest absolute Gasteiger partial charge is 0.160 e. The van der Waals surface area contributed by atoms with Crippen LogP contribution >= 0.6 is 0 Å². The molecule has 24 heavy (non-hydrogen) atoms. The fourth-order valence-electron chi connectivity index (χ4n) is 3.28. The number of nitrogens with zero attached hydrogens (tertiary/aromatic N) is 3. The average molecular weight is 323 g/mol. The third kappa shape index (κ3) is 3.38. The monoisotopic (exact) mass is 323 g/mol. The van der Waals surface area contributed by atoms with E-state index in [2.05, 4.69) is 49.7 Å². The van der Waals surface area contributed by atoms with Gasteiger partial charge in [0.2, 0.25) is 0 Å². The zero-order valence-corrected chi connectivity index (χ0v) is 13.5. The van der Waals surface area contributed by atoms with Crippen molar-refractivity contribution in [3.05, 3.63) is 48.4 Å². The molecule has 0 spiro atoms. The van der Waals surface area contributed by atoms with E-state index >= 15 is 0 Å². The van der Waals surface area contributed by atoms with Crippen LogP contribution in [0.15, 0.2) is 42.9 Å². The summed E-state index contributed by atoms with van der Waals surface area (Å²) in [6, 6.07) is 10.9. The van der Waals surface area contributed by atoms with Gasteiger partial charge in [0.15, 0.2) is 5.65 Å². The molecule has 124 valence electrons. The van der Waals surface area contributed by atoms with Gasteiger partial charge in [-0.15, -0.1) is 0 Å². The molecule has 1 aliphatic carbocycles. The molecular formula is C18H21N5O. The Morgan fingerprint density at radius 2 is 2.08 bits per heavy atom. The van der Waals surface area contributed by atoms with Crippen molar-refractivity contribution in [1.82, 2.24) is 20.2 Å². The van der Waals surface area contributed by atoms with Gasteiger partial charge in [-0.25, -0.2) is 9.97 Å². The Kier molecular flexibility index (Phi) is 4.38. The first-order chi connectivity index (χ1) is 11.9. The fourth-order valence-corrected chi connectivity index (χ4v) is 3.28. The molecule has 0 radical (unpaired) electrons. The lowest BCUT2D eigenvalue weighted by molar-refractivity contribution is 0.0601. The lowest BCUT2D eigenvalue weighted by atomic mass is 10.2. The summed E-state index contributed by atoms with van der Waals surface area (Å²) >= 11 is 0. The molecule has 0 unspecified atom stereocenters. The first-order valence-corrected chi connectivity index (χ1v) is 8.44. The van der Waals surface area contributed by atoms with Gasteiger partial charge in [0.05, 0.1) is 24.3 Å². The fraction of sp³-hybridized carbons (Fsp3) is 0.389. The summed E-state index contributed by atoms with van der Waals surface area (Å²) in [6.07, 6.45) is 7.82. The van der Waals surface area contributed by atoms with E-state index < -0.39 is 0 Å². The van der Waals surface area contributed by atoms with Gasteiger partial charge in [0, 0.05) is 6.04 Å². The van der Waals surface area contributed by atoms with Crippen molar-refractivity contribution in [2.75, 3.05) is 11.9 Å². The van der Waals surface area contributed by atoms with Crippen LogP contribution in [0.5, 0.6) is 0 Å². The van der Waals surface area contributed by atoms with Gasteiger partial charge in [-0.05, 0) is 31.2 Å². The maximum atomic E-state index is 6.06. The molecule has 1 saturated carbocycles. The Labute approximate surface area is 140 Å². The zero-order valence-electron chi connectivity index (χ0n) is 13.5. The third-order valence-corrected chi connectivity index (χ3v) is 4.56. The average Bonchev–Trinajstić information content (AvgIpc) is 3.26. The Balaban J connectivity index is 1.28. The highest BCUT2D eigenvalue weighted by Gasteiger charge is 2.26. The van der Waals surface area contributed by atoms with E-state index in [4.69, 9.17) is 4.74 Å². The normalized spacial score (nSPS) is 20.5. The molecule has 0 aliphatic heterocycles. The van der Waals surface area contributed by atoms with Gasteiger partial charge < -0.3 is 10.1 Å². The summed E-state index contributed by atoms with van der Waals surface area (Å²) in [5.41, 5.74) is 2.09. The minimum Gasteiger partial charge on any atom is -0.378 e. The predicted octanol–water partition coefficient (Wildman–Crippen LogP) is 2.95. The number of aromatic amines is 1.